The molecular weight excluding hydrogens is 268 g/mol. The van der Waals surface area contributed by atoms with Gasteiger partial charge in [0.05, 0.1) is 0 Å². The van der Waals surface area contributed by atoms with Gasteiger partial charge in [0.25, 0.3) is 0 Å². The number of hydrogen-bond acceptors (Lipinski definition) is 4. The lowest BCUT2D eigenvalue weighted by Gasteiger charge is -2.08. The lowest BCUT2D eigenvalue weighted by atomic mass is 10.2. The van der Waals surface area contributed by atoms with Crippen molar-refractivity contribution in [2.75, 3.05) is 11.1 Å². The molecule has 0 spiro atoms. The van der Waals surface area contributed by atoms with Gasteiger partial charge in [-0.25, -0.2) is 4.98 Å². The maximum atomic E-state index is 5.50. The van der Waals surface area contributed by atoms with Crippen molar-refractivity contribution in [3.8, 4) is 0 Å². The summed E-state index contributed by atoms with van der Waals surface area (Å²) in [5.41, 5.74) is 7.64. The Morgan fingerprint density at radius 2 is 2.12 bits per heavy atom. The van der Waals surface area contributed by atoms with Crippen LogP contribution < -0.4 is 11.1 Å². The first kappa shape index (κ1) is 10.9. The molecule has 2 aromatic rings. The molecule has 0 fully saturated rings. The van der Waals surface area contributed by atoms with E-state index in [4.69, 9.17) is 5.73 Å². The molecule has 1 heterocycles. The summed E-state index contributed by atoms with van der Waals surface area (Å²) in [5.74, 6) is 0.956. The highest BCUT2D eigenvalue weighted by Gasteiger charge is 2.01. The van der Waals surface area contributed by atoms with E-state index in [0.717, 1.165) is 15.7 Å². The van der Waals surface area contributed by atoms with Gasteiger partial charge in [0, 0.05) is 16.4 Å². The van der Waals surface area contributed by atoms with Gasteiger partial charge in [-0.05, 0) is 36.8 Å². The molecule has 0 saturated heterocycles. The fourth-order valence-electron chi connectivity index (χ4n) is 1.35. The van der Waals surface area contributed by atoms with Gasteiger partial charge in [-0.2, -0.15) is 4.98 Å². The molecule has 0 aliphatic rings. The molecular formula is C11H11BrN4. The molecule has 5 heteroatoms. The van der Waals surface area contributed by atoms with Gasteiger partial charge in [0.2, 0.25) is 5.95 Å². The average Bonchev–Trinajstić information content (AvgIpc) is 2.22. The first-order valence-electron chi connectivity index (χ1n) is 4.77. The Labute approximate surface area is 102 Å². The number of nitrogens with zero attached hydrogens (tertiary/aromatic N) is 2. The largest absolute Gasteiger partial charge is 0.368 e. The standard InChI is InChI=1S/C11H11BrN4/c1-7-6-8(12)2-3-9(7)15-10-4-5-14-11(13)16-10/h2-6H,1H3,(H3,13,14,15,16). The van der Waals surface area contributed by atoms with Gasteiger partial charge >= 0.3 is 0 Å². The first-order valence-corrected chi connectivity index (χ1v) is 5.56. The number of benzene rings is 1. The molecule has 16 heavy (non-hydrogen) atoms. The number of nitrogens with one attached hydrogen (secondary N) is 1. The summed E-state index contributed by atoms with van der Waals surface area (Å²) in [4.78, 5) is 7.91. The van der Waals surface area contributed by atoms with Crippen LogP contribution in [0.2, 0.25) is 0 Å². The van der Waals surface area contributed by atoms with Gasteiger partial charge in [-0.1, -0.05) is 15.9 Å². The van der Waals surface area contributed by atoms with E-state index in [0.29, 0.717) is 5.82 Å². The summed E-state index contributed by atoms with van der Waals surface area (Å²) in [6.07, 6.45) is 1.62. The molecule has 0 radical (unpaired) electrons. The summed E-state index contributed by atoms with van der Waals surface area (Å²) < 4.78 is 1.05. The van der Waals surface area contributed by atoms with E-state index in [1.165, 1.54) is 0 Å². The molecule has 0 bridgehead atoms. The monoisotopic (exact) mass is 278 g/mol. The van der Waals surface area contributed by atoms with E-state index in [1.807, 2.05) is 25.1 Å². The lowest BCUT2D eigenvalue weighted by Crippen LogP contribution is -1.99. The number of halogens is 1. The Bertz CT molecular complexity index is 513. The third-order valence-electron chi connectivity index (χ3n) is 2.13. The number of rotatable bonds is 2. The number of aryl methyl sites for hydroxylation is 1. The topological polar surface area (TPSA) is 63.8 Å². The van der Waals surface area contributed by atoms with Crippen LogP contribution >= 0.6 is 15.9 Å². The molecule has 0 saturated carbocycles. The number of hydrogen-bond donors (Lipinski definition) is 2. The molecule has 0 aliphatic heterocycles. The van der Waals surface area contributed by atoms with Crippen LogP contribution in [-0.4, -0.2) is 9.97 Å². The quantitative estimate of drug-likeness (QED) is 0.887. The second kappa shape index (κ2) is 4.49. The van der Waals surface area contributed by atoms with Crippen LogP contribution in [0.15, 0.2) is 34.9 Å². The van der Waals surface area contributed by atoms with Crippen molar-refractivity contribution >= 4 is 33.4 Å². The first-order chi connectivity index (χ1) is 7.65. The van der Waals surface area contributed by atoms with Crippen molar-refractivity contribution < 1.29 is 0 Å². The molecule has 2 rings (SSSR count). The van der Waals surface area contributed by atoms with E-state index >= 15 is 0 Å². The van der Waals surface area contributed by atoms with E-state index in [1.54, 1.807) is 12.3 Å². The normalized spacial score (nSPS) is 10.1. The van der Waals surface area contributed by atoms with Crippen molar-refractivity contribution in [2.45, 2.75) is 6.92 Å². The summed E-state index contributed by atoms with van der Waals surface area (Å²) in [6, 6.07) is 7.77. The van der Waals surface area contributed by atoms with E-state index in [9.17, 15) is 0 Å². The molecule has 3 N–H and O–H groups in total. The van der Waals surface area contributed by atoms with Crippen molar-refractivity contribution in [1.82, 2.24) is 9.97 Å². The van der Waals surface area contributed by atoms with Crippen LogP contribution in [0.3, 0.4) is 0 Å². The minimum absolute atomic E-state index is 0.264. The fraction of sp³-hybridized carbons (Fsp3) is 0.0909. The predicted octanol–water partition coefficient (Wildman–Crippen LogP) is 2.87. The minimum Gasteiger partial charge on any atom is -0.368 e. The summed E-state index contributed by atoms with van der Waals surface area (Å²) >= 11 is 3.42. The lowest BCUT2D eigenvalue weighted by molar-refractivity contribution is 1.18. The number of nitrogen functional groups attached to an aromatic ring is 1. The average molecular weight is 279 g/mol. The van der Waals surface area contributed by atoms with Gasteiger partial charge in [0.1, 0.15) is 5.82 Å². The van der Waals surface area contributed by atoms with Crippen LogP contribution in [0.4, 0.5) is 17.5 Å². The van der Waals surface area contributed by atoms with Crippen LogP contribution in [0.1, 0.15) is 5.56 Å². The molecule has 1 aromatic heterocycles. The molecule has 0 amide bonds. The Morgan fingerprint density at radius 1 is 1.31 bits per heavy atom. The number of anilines is 3. The Hall–Kier alpha value is -1.62. The highest BCUT2D eigenvalue weighted by atomic mass is 79.9. The van der Waals surface area contributed by atoms with Crippen molar-refractivity contribution in [2.24, 2.45) is 0 Å². The maximum absolute atomic E-state index is 5.50. The summed E-state index contributed by atoms with van der Waals surface area (Å²) in [6.45, 7) is 2.03. The fourth-order valence-corrected chi connectivity index (χ4v) is 1.82. The van der Waals surface area contributed by atoms with Gasteiger partial charge in [-0.3, -0.25) is 0 Å². The van der Waals surface area contributed by atoms with Crippen molar-refractivity contribution in [1.29, 1.82) is 0 Å². The molecule has 0 unspecified atom stereocenters. The Morgan fingerprint density at radius 3 is 2.81 bits per heavy atom. The Kier molecular flexibility index (Phi) is 3.05. The Balaban J connectivity index is 2.27. The van der Waals surface area contributed by atoms with E-state index in [-0.39, 0.29) is 5.95 Å². The second-order valence-corrected chi connectivity index (χ2v) is 4.30. The molecule has 1 aromatic carbocycles. The van der Waals surface area contributed by atoms with Crippen molar-refractivity contribution in [3.63, 3.8) is 0 Å². The highest BCUT2D eigenvalue weighted by Crippen LogP contribution is 2.22. The third-order valence-corrected chi connectivity index (χ3v) is 2.62. The van der Waals surface area contributed by atoms with Crippen LogP contribution in [0.25, 0.3) is 0 Å². The zero-order chi connectivity index (χ0) is 11.5. The van der Waals surface area contributed by atoms with Crippen molar-refractivity contribution in [3.05, 3.63) is 40.5 Å². The highest BCUT2D eigenvalue weighted by molar-refractivity contribution is 9.10. The van der Waals surface area contributed by atoms with Gasteiger partial charge in [-0.15, -0.1) is 0 Å². The van der Waals surface area contributed by atoms with E-state index < -0.39 is 0 Å². The molecule has 4 nitrogen and oxygen atoms in total. The van der Waals surface area contributed by atoms with Gasteiger partial charge < -0.3 is 11.1 Å². The molecule has 0 atom stereocenters. The predicted molar refractivity (Wildman–Crippen MR) is 68.6 cm³/mol. The summed E-state index contributed by atoms with van der Waals surface area (Å²) in [5, 5.41) is 3.19. The van der Waals surface area contributed by atoms with Crippen LogP contribution in [0, 0.1) is 6.92 Å². The van der Waals surface area contributed by atoms with Crippen LogP contribution in [-0.2, 0) is 0 Å². The van der Waals surface area contributed by atoms with E-state index in [2.05, 4.69) is 31.2 Å². The second-order valence-electron chi connectivity index (χ2n) is 3.38. The molecule has 0 aliphatic carbocycles. The third kappa shape index (κ3) is 2.49. The zero-order valence-electron chi connectivity index (χ0n) is 8.74. The molecule has 82 valence electrons. The number of nitrogens with two attached hydrogens (primary N) is 1. The number of aromatic nitrogens is 2. The maximum Gasteiger partial charge on any atom is 0.221 e. The van der Waals surface area contributed by atoms with Crippen LogP contribution in [0.5, 0.6) is 0 Å². The zero-order valence-corrected chi connectivity index (χ0v) is 10.3. The summed E-state index contributed by atoms with van der Waals surface area (Å²) in [7, 11) is 0. The smallest absolute Gasteiger partial charge is 0.221 e. The SMILES string of the molecule is Cc1cc(Br)ccc1Nc1ccnc(N)n1. The minimum atomic E-state index is 0.264. The van der Waals surface area contributed by atoms with Gasteiger partial charge in [0.15, 0.2) is 0 Å².